The highest BCUT2D eigenvalue weighted by molar-refractivity contribution is 5.11. The summed E-state index contributed by atoms with van der Waals surface area (Å²) in [5.41, 5.74) is 0.811. The molecule has 10 atom stereocenters. The Morgan fingerprint density at radius 2 is 1.62 bits per heavy atom. The third-order valence-corrected chi connectivity index (χ3v) is 10.2. The molecule has 0 aromatic carbocycles. The SMILES string of the molecule is CCCC(C)[C@H]1CCC2C3C(O)CC4C[C@H](O)CCC4(C)C3CCC21C. The van der Waals surface area contributed by atoms with Gasteiger partial charge in [-0.15, -0.1) is 0 Å². The summed E-state index contributed by atoms with van der Waals surface area (Å²) < 4.78 is 0. The fraction of sp³-hybridized carbons (Fsp3) is 1.00. The molecule has 0 spiro atoms. The molecule has 150 valence electrons. The molecule has 4 aliphatic carbocycles. The van der Waals surface area contributed by atoms with Gasteiger partial charge in [-0.2, -0.15) is 0 Å². The average Bonchev–Trinajstić information content (AvgIpc) is 2.94. The van der Waals surface area contributed by atoms with Gasteiger partial charge in [0.15, 0.2) is 0 Å². The van der Waals surface area contributed by atoms with Crippen LogP contribution < -0.4 is 0 Å². The second kappa shape index (κ2) is 6.76. The predicted molar refractivity (Wildman–Crippen MR) is 107 cm³/mol. The molecule has 2 nitrogen and oxygen atoms in total. The van der Waals surface area contributed by atoms with E-state index in [4.69, 9.17) is 0 Å². The second-order valence-electron chi connectivity index (χ2n) is 11.2. The van der Waals surface area contributed by atoms with Crippen LogP contribution in [0.15, 0.2) is 0 Å². The van der Waals surface area contributed by atoms with Crippen LogP contribution in [0.1, 0.15) is 91.9 Å². The molecule has 2 heteroatoms. The summed E-state index contributed by atoms with van der Waals surface area (Å²) in [6.45, 7) is 9.92. The van der Waals surface area contributed by atoms with Crippen molar-refractivity contribution in [2.45, 2.75) is 104 Å². The first-order valence-electron chi connectivity index (χ1n) is 11.7. The lowest BCUT2D eigenvalue weighted by Crippen LogP contribution is -2.58. The van der Waals surface area contributed by atoms with E-state index in [1.807, 2.05) is 0 Å². The number of aliphatic hydroxyl groups is 2. The van der Waals surface area contributed by atoms with E-state index in [0.29, 0.717) is 28.6 Å². The van der Waals surface area contributed by atoms with Crippen LogP contribution in [0.4, 0.5) is 0 Å². The molecule has 2 N–H and O–H groups in total. The fourth-order valence-electron chi connectivity index (χ4n) is 8.83. The van der Waals surface area contributed by atoms with Crippen molar-refractivity contribution in [3.8, 4) is 0 Å². The van der Waals surface area contributed by atoms with Crippen molar-refractivity contribution in [3.63, 3.8) is 0 Å². The molecule has 0 aromatic heterocycles. The maximum absolute atomic E-state index is 11.3. The van der Waals surface area contributed by atoms with Gasteiger partial charge in [0, 0.05) is 0 Å². The maximum atomic E-state index is 11.3. The first-order chi connectivity index (χ1) is 12.3. The highest BCUT2D eigenvalue weighted by Crippen LogP contribution is 2.68. The van der Waals surface area contributed by atoms with Crippen LogP contribution in [-0.2, 0) is 0 Å². The number of fused-ring (bicyclic) bond motifs is 5. The quantitative estimate of drug-likeness (QED) is 0.704. The summed E-state index contributed by atoms with van der Waals surface area (Å²) >= 11 is 0. The Bertz CT molecular complexity index is 518. The molecule has 0 saturated heterocycles. The van der Waals surface area contributed by atoms with E-state index >= 15 is 0 Å². The van der Waals surface area contributed by atoms with Crippen molar-refractivity contribution in [1.29, 1.82) is 0 Å². The minimum atomic E-state index is -0.131. The van der Waals surface area contributed by atoms with Gasteiger partial charge in [0.2, 0.25) is 0 Å². The molecular formula is C24H42O2. The molecule has 0 aromatic rings. The Kier molecular flexibility index (Phi) is 5.01. The van der Waals surface area contributed by atoms with Crippen LogP contribution >= 0.6 is 0 Å². The first kappa shape index (κ1) is 19.2. The molecule has 4 rings (SSSR count). The molecular weight excluding hydrogens is 320 g/mol. The largest absolute Gasteiger partial charge is 0.393 e. The summed E-state index contributed by atoms with van der Waals surface area (Å²) in [7, 11) is 0. The van der Waals surface area contributed by atoms with Crippen LogP contribution in [0.25, 0.3) is 0 Å². The lowest BCUT2D eigenvalue weighted by atomic mass is 9.43. The summed E-state index contributed by atoms with van der Waals surface area (Å²) in [4.78, 5) is 0. The average molecular weight is 363 g/mol. The molecule has 0 radical (unpaired) electrons. The fourth-order valence-corrected chi connectivity index (χ4v) is 8.83. The molecule has 26 heavy (non-hydrogen) atoms. The lowest BCUT2D eigenvalue weighted by Gasteiger charge is -2.62. The van der Waals surface area contributed by atoms with Crippen molar-refractivity contribution >= 4 is 0 Å². The second-order valence-corrected chi connectivity index (χ2v) is 11.2. The van der Waals surface area contributed by atoms with Gasteiger partial charge in [-0.25, -0.2) is 0 Å². The van der Waals surface area contributed by atoms with E-state index in [1.165, 1.54) is 44.9 Å². The van der Waals surface area contributed by atoms with Crippen LogP contribution in [-0.4, -0.2) is 22.4 Å². The van der Waals surface area contributed by atoms with Crippen LogP contribution in [0.3, 0.4) is 0 Å². The zero-order valence-electron chi connectivity index (χ0n) is 17.6. The molecule has 8 unspecified atom stereocenters. The molecule has 4 saturated carbocycles. The highest BCUT2D eigenvalue weighted by atomic mass is 16.3. The van der Waals surface area contributed by atoms with E-state index in [9.17, 15) is 10.2 Å². The van der Waals surface area contributed by atoms with E-state index in [2.05, 4.69) is 27.7 Å². The topological polar surface area (TPSA) is 40.5 Å². The predicted octanol–water partition coefficient (Wildman–Crippen LogP) is 5.41. The van der Waals surface area contributed by atoms with Gasteiger partial charge in [-0.05, 0) is 97.7 Å². The van der Waals surface area contributed by atoms with Gasteiger partial charge in [-0.3, -0.25) is 0 Å². The van der Waals surface area contributed by atoms with Gasteiger partial charge in [-0.1, -0.05) is 40.5 Å². The van der Waals surface area contributed by atoms with Gasteiger partial charge >= 0.3 is 0 Å². The standard InChI is InChI=1S/C24H42O2/c1-5-6-15(2)18-7-8-19-22-20(10-12-24(18,19)4)23(3)11-9-17(25)13-16(23)14-21(22)26/h15-22,25-26H,5-14H2,1-4H3/t15?,16?,17-,18-,19?,20?,21?,22?,23?,24?/m1/s1. The highest BCUT2D eigenvalue weighted by Gasteiger charge is 2.62. The van der Waals surface area contributed by atoms with E-state index in [1.54, 1.807) is 0 Å². The smallest absolute Gasteiger partial charge is 0.0577 e. The molecule has 0 aliphatic heterocycles. The Morgan fingerprint density at radius 3 is 2.35 bits per heavy atom. The minimum absolute atomic E-state index is 0.128. The molecule has 0 bridgehead atoms. The zero-order chi connectivity index (χ0) is 18.7. The van der Waals surface area contributed by atoms with Gasteiger partial charge in [0.25, 0.3) is 0 Å². The number of aliphatic hydroxyl groups excluding tert-OH is 2. The van der Waals surface area contributed by atoms with Crippen LogP contribution in [0.2, 0.25) is 0 Å². The van der Waals surface area contributed by atoms with Crippen molar-refractivity contribution < 1.29 is 10.2 Å². The molecule has 0 heterocycles. The summed E-state index contributed by atoms with van der Waals surface area (Å²) in [5.74, 6) is 4.15. The Morgan fingerprint density at radius 1 is 0.923 bits per heavy atom. The van der Waals surface area contributed by atoms with Gasteiger partial charge < -0.3 is 10.2 Å². The monoisotopic (exact) mass is 362 g/mol. The van der Waals surface area contributed by atoms with Crippen molar-refractivity contribution in [3.05, 3.63) is 0 Å². The Labute approximate surface area is 161 Å². The molecule has 0 amide bonds. The van der Waals surface area contributed by atoms with Crippen molar-refractivity contribution in [2.75, 3.05) is 0 Å². The minimum Gasteiger partial charge on any atom is -0.393 e. The summed E-state index contributed by atoms with van der Waals surface area (Å²) in [6, 6.07) is 0. The summed E-state index contributed by atoms with van der Waals surface area (Å²) in [6.07, 6.45) is 11.8. The normalized spacial score (nSPS) is 54.9. The van der Waals surface area contributed by atoms with Crippen molar-refractivity contribution in [1.82, 2.24) is 0 Å². The first-order valence-corrected chi connectivity index (χ1v) is 11.7. The molecule has 4 aliphatic rings. The zero-order valence-corrected chi connectivity index (χ0v) is 17.6. The summed E-state index contributed by atoms with van der Waals surface area (Å²) in [5, 5.41) is 21.5. The third-order valence-electron chi connectivity index (χ3n) is 10.2. The number of hydrogen-bond acceptors (Lipinski definition) is 2. The molecule has 4 fully saturated rings. The van der Waals surface area contributed by atoms with Gasteiger partial charge in [0.1, 0.15) is 0 Å². The number of rotatable bonds is 3. The van der Waals surface area contributed by atoms with Crippen LogP contribution in [0.5, 0.6) is 0 Å². The van der Waals surface area contributed by atoms with Crippen LogP contribution in [0, 0.1) is 46.3 Å². The third kappa shape index (κ3) is 2.72. The van der Waals surface area contributed by atoms with Gasteiger partial charge in [0.05, 0.1) is 12.2 Å². The van der Waals surface area contributed by atoms with E-state index in [-0.39, 0.29) is 12.2 Å². The van der Waals surface area contributed by atoms with Crippen molar-refractivity contribution in [2.24, 2.45) is 46.3 Å². The van der Waals surface area contributed by atoms with E-state index in [0.717, 1.165) is 37.0 Å². The Hall–Kier alpha value is -0.0800. The lowest BCUT2D eigenvalue weighted by molar-refractivity contribution is -0.174. The Balaban J connectivity index is 1.61. The maximum Gasteiger partial charge on any atom is 0.0577 e. The number of hydrogen-bond donors (Lipinski definition) is 2. The van der Waals surface area contributed by atoms with E-state index < -0.39 is 0 Å².